The number of piperazine rings is 1. The van der Waals surface area contributed by atoms with E-state index in [1.807, 2.05) is 12.1 Å². The summed E-state index contributed by atoms with van der Waals surface area (Å²) < 4.78 is 10.8. The molecule has 0 bridgehead atoms. The number of hydrogen-bond donors (Lipinski definition) is 0. The Hall–Kier alpha value is -2.54. The smallest absolute Gasteiger partial charge is 0.134 e. The van der Waals surface area contributed by atoms with Gasteiger partial charge in [0.25, 0.3) is 0 Å². The van der Waals surface area contributed by atoms with E-state index < -0.39 is 0 Å². The van der Waals surface area contributed by atoms with Crippen LogP contribution in [0.5, 0.6) is 5.75 Å². The molecular weight excluding hydrogens is 330 g/mol. The maximum atomic E-state index is 5.43. The van der Waals surface area contributed by atoms with Crippen LogP contribution in [0.4, 0.5) is 17.3 Å². The first-order chi connectivity index (χ1) is 12.8. The van der Waals surface area contributed by atoms with Crippen molar-refractivity contribution in [1.29, 1.82) is 0 Å². The minimum absolute atomic E-state index is 0.762. The van der Waals surface area contributed by atoms with Gasteiger partial charge in [-0.05, 0) is 12.1 Å². The van der Waals surface area contributed by atoms with E-state index in [9.17, 15) is 0 Å². The van der Waals surface area contributed by atoms with Gasteiger partial charge in [-0.25, -0.2) is 9.97 Å². The maximum absolute atomic E-state index is 5.43. The van der Waals surface area contributed by atoms with Crippen LogP contribution in [-0.4, -0.2) is 69.6 Å². The zero-order valence-corrected chi connectivity index (χ0v) is 15.2. The van der Waals surface area contributed by atoms with E-state index in [-0.39, 0.29) is 0 Å². The lowest BCUT2D eigenvalue weighted by atomic mass is 10.2. The third kappa shape index (κ3) is 3.67. The molecule has 1 aromatic heterocycles. The molecule has 0 aliphatic carbocycles. The Morgan fingerprint density at radius 3 is 2.19 bits per heavy atom. The van der Waals surface area contributed by atoms with Gasteiger partial charge in [0, 0.05) is 57.1 Å². The Labute approximate surface area is 154 Å². The standard InChI is InChI=1S/C19H25N5O2/c1-25-17-4-2-3-16(13-17)22-5-7-23(8-6-22)18-14-19(21-15-20-18)24-9-11-26-12-10-24/h2-4,13-15H,5-12H2,1H3. The highest BCUT2D eigenvalue weighted by molar-refractivity contribution is 5.54. The van der Waals surface area contributed by atoms with Crippen molar-refractivity contribution in [3.8, 4) is 5.75 Å². The second-order valence-electron chi connectivity index (χ2n) is 6.51. The van der Waals surface area contributed by atoms with Crippen molar-refractivity contribution in [1.82, 2.24) is 9.97 Å². The van der Waals surface area contributed by atoms with Crippen molar-refractivity contribution in [3.05, 3.63) is 36.7 Å². The van der Waals surface area contributed by atoms with Crippen molar-refractivity contribution in [3.63, 3.8) is 0 Å². The Morgan fingerprint density at radius 2 is 1.50 bits per heavy atom. The Bertz CT molecular complexity index is 727. The first kappa shape index (κ1) is 16.9. The number of nitrogens with zero attached hydrogens (tertiary/aromatic N) is 5. The molecule has 0 saturated carbocycles. The molecule has 138 valence electrons. The fourth-order valence-corrected chi connectivity index (χ4v) is 3.48. The van der Waals surface area contributed by atoms with E-state index in [2.05, 4.69) is 42.9 Å². The first-order valence-corrected chi connectivity index (χ1v) is 9.12. The summed E-state index contributed by atoms with van der Waals surface area (Å²) in [5, 5.41) is 0. The van der Waals surface area contributed by atoms with Crippen LogP contribution in [-0.2, 0) is 4.74 Å². The van der Waals surface area contributed by atoms with Crippen LogP contribution in [0, 0.1) is 0 Å². The molecule has 0 amide bonds. The molecule has 4 rings (SSSR count). The van der Waals surface area contributed by atoms with Crippen LogP contribution < -0.4 is 19.4 Å². The molecule has 0 N–H and O–H groups in total. The molecule has 3 heterocycles. The zero-order chi connectivity index (χ0) is 17.8. The molecular formula is C19H25N5O2. The molecule has 2 aromatic rings. The Morgan fingerprint density at radius 1 is 0.846 bits per heavy atom. The third-order valence-corrected chi connectivity index (χ3v) is 5.00. The summed E-state index contributed by atoms with van der Waals surface area (Å²) >= 11 is 0. The van der Waals surface area contributed by atoms with Crippen molar-refractivity contribution in [2.75, 3.05) is 74.3 Å². The van der Waals surface area contributed by atoms with Crippen molar-refractivity contribution < 1.29 is 9.47 Å². The number of rotatable bonds is 4. The van der Waals surface area contributed by atoms with Gasteiger partial charge in [0.15, 0.2) is 0 Å². The summed E-state index contributed by atoms with van der Waals surface area (Å²) in [6.45, 7) is 7.11. The number of methoxy groups -OCH3 is 1. The van der Waals surface area contributed by atoms with E-state index >= 15 is 0 Å². The van der Waals surface area contributed by atoms with Crippen molar-refractivity contribution >= 4 is 17.3 Å². The highest BCUT2D eigenvalue weighted by Gasteiger charge is 2.20. The van der Waals surface area contributed by atoms with Gasteiger partial charge in [-0.3, -0.25) is 0 Å². The lowest BCUT2D eigenvalue weighted by Gasteiger charge is -2.37. The summed E-state index contributed by atoms with van der Waals surface area (Å²) in [6.07, 6.45) is 1.68. The Kier molecular flexibility index (Phi) is 5.06. The van der Waals surface area contributed by atoms with Gasteiger partial charge in [0.2, 0.25) is 0 Å². The van der Waals surface area contributed by atoms with Crippen LogP contribution >= 0.6 is 0 Å². The molecule has 2 aliphatic heterocycles. The number of anilines is 3. The second-order valence-corrected chi connectivity index (χ2v) is 6.51. The quantitative estimate of drug-likeness (QED) is 0.826. The number of morpholine rings is 1. The van der Waals surface area contributed by atoms with Gasteiger partial charge < -0.3 is 24.2 Å². The average molecular weight is 355 g/mol. The predicted molar refractivity (Wildman–Crippen MR) is 102 cm³/mol. The van der Waals surface area contributed by atoms with Crippen LogP contribution in [0.2, 0.25) is 0 Å². The van der Waals surface area contributed by atoms with E-state index in [0.717, 1.165) is 69.9 Å². The van der Waals surface area contributed by atoms with E-state index in [1.54, 1.807) is 13.4 Å². The van der Waals surface area contributed by atoms with Gasteiger partial charge in [-0.1, -0.05) is 6.07 Å². The number of aromatic nitrogens is 2. The van der Waals surface area contributed by atoms with Gasteiger partial charge in [-0.2, -0.15) is 0 Å². The highest BCUT2D eigenvalue weighted by Crippen LogP contribution is 2.24. The monoisotopic (exact) mass is 355 g/mol. The normalized spacial score (nSPS) is 18.1. The first-order valence-electron chi connectivity index (χ1n) is 9.12. The third-order valence-electron chi connectivity index (χ3n) is 5.00. The zero-order valence-electron chi connectivity index (χ0n) is 15.2. The largest absolute Gasteiger partial charge is 0.497 e. The van der Waals surface area contributed by atoms with Gasteiger partial charge in [0.05, 0.1) is 20.3 Å². The molecule has 2 saturated heterocycles. The molecule has 2 fully saturated rings. The molecule has 2 aliphatic rings. The molecule has 7 nitrogen and oxygen atoms in total. The molecule has 0 spiro atoms. The van der Waals surface area contributed by atoms with Gasteiger partial charge in [0.1, 0.15) is 23.7 Å². The molecule has 0 unspecified atom stereocenters. The maximum Gasteiger partial charge on any atom is 0.134 e. The van der Waals surface area contributed by atoms with Gasteiger partial charge in [-0.15, -0.1) is 0 Å². The topological polar surface area (TPSA) is 54.0 Å². The number of benzene rings is 1. The van der Waals surface area contributed by atoms with Crippen molar-refractivity contribution in [2.24, 2.45) is 0 Å². The average Bonchev–Trinajstić information content (AvgIpc) is 2.75. The minimum atomic E-state index is 0.762. The number of ether oxygens (including phenoxy) is 2. The summed E-state index contributed by atoms with van der Waals surface area (Å²) in [4.78, 5) is 15.9. The fourth-order valence-electron chi connectivity index (χ4n) is 3.48. The lowest BCUT2D eigenvalue weighted by Crippen LogP contribution is -2.47. The fraction of sp³-hybridized carbons (Fsp3) is 0.474. The van der Waals surface area contributed by atoms with E-state index in [0.29, 0.717) is 0 Å². The Balaban J connectivity index is 1.41. The van der Waals surface area contributed by atoms with Crippen LogP contribution in [0.25, 0.3) is 0 Å². The summed E-state index contributed by atoms with van der Waals surface area (Å²) in [6, 6.07) is 10.4. The molecule has 7 heteroatoms. The van der Waals surface area contributed by atoms with Crippen LogP contribution in [0.15, 0.2) is 36.7 Å². The SMILES string of the molecule is COc1cccc(N2CCN(c3cc(N4CCOCC4)ncn3)CC2)c1. The van der Waals surface area contributed by atoms with E-state index in [1.165, 1.54) is 5.69 Å². The minimum Gasteiger partial charge on any atom is -0.497 e. The summed E-state index contributed by atoms with van der Waals surface area (Å²) in [5.74, 6) is 2.90. The summed E-state index contributed by atoms with van der Waals surface area (Å²) in [5.41, 5.74) is 1.21. The predicted octanol–water partition coefficient (Wildman–Crippen LogP) is 1.65. The van der Waals surface area contributed by atoms with Crippen LogP contribution in [0.1, 0.15) is 0 Å². The molecule has 26 heavy (non-hydrogen) atoms. The molecule has 0 radical (unpaired) electrons. The van der Waals surface area contributed by atoms with Gasteiger partial charge >= 0.3 is 0 Å². The van der Waals surface area contributed by atoms with E-state index in [4.69, 9.17) is 9.47 Å². The highest BCUT2D eigenvalue weighted by atomic mass is 16.5. The summed E-state index contributed by atoms with van der Waals surface area (Å²) in [7, 11) is 1.71. The second kappa shape index (κ2) is 7.78. The molecule has 0 atom stereocenters. The van der Waals surface area contributed by atoms with Crippen molar-refractivity contribution in [2.45, 2.75) is 0 Å². The van der Waals surface area contributed by atoms with Crippen LogP contribution in [0.3, 0.4) is 0 Å². The number of hydrogen-bond acceptors (Lipinski definition) is 7. The molecule has 1 aromatic carbocycles. The lowest BCUT2D eigenvalue weighted by molar-refractivity contribution is 0.122.